The molecule has 1 aromatic carbocycles. The van der Waals surface area contributed by atoms with Crippen LogP contribution in [0.2, 0.25) is 0 Å². The first-order valence-corrected chi connectivity index (χ1v) is 5.43. The lowest BCUT2D eigenvalue weighted by Crippen LogP contribution is -2.20. The summed E-state index contributed by atoms with van der Waals surface area (Å²) in [6, 6.07) is 7.29. The highest BCUT2D eigenvalue weighted by atomic mass is 127. The number of carbonyl (C=O) groups excluding carboxylic acids is 1. The van der Waals surface area contributed by atoms with E-state index in [1.165, 1.54) is 6.34 Å². The zero-order valence-electron chi connectivity index (χ0n) is 8.57. The Morgan fingerprint density at radius 3 is 2.53 bits per heavy atom. The highest BCUT2D eigenvalue weighted by Gasteiger charge is 2.02. The minimum Gasteiger partial charge on any atom is -0.367 e. The second-order valence-electron chi connectivity index (χ2n) is 3.16. The van der Waals surface area contributed by atoms with Gasteiger partial charge in [-0.25, -0.2) is 5.43 Å². The fourth-order valence-electron chi connectivity index (χ4n) is 0.869. The monoisotopic (exact) mass is 317 g/mol. The van der Waals surface area contributed by atoms with E-state index in [4.69, 9.17) is 0 Å². The summed E-state index contributed by atoms with van der Waals surface area (Å²) in [6.45, 7) is 0. The van der Waals surface area contributed by atoms with Crippen LogP contribution in [0.15, 0.2) is 29.4 Å². The molecule has 0 atom stereocenters. The summed E-state index contributed by atoms with van der Waals surface area (Å²) in [5.74, 6) is -0.204. The second-order valence-corrected chi connectivity index (χ2v) is 4.40. The van der Waals surface area contributed by atoms with Crippen LogP contribution in [0, 0.1) is 3.57 Å². The molecule has 0 unspecified atom stereocenters. The molecular formula is C10H12IN3O. The Balaban J connectivity index is 2.58. The quantitative estimate of drug-likeness (QED) is 0.398. The maximum atomic E-state index is 11.5. The van der Waals surface area contributed by atoms with Crippen molar-refractivity contribution in [3.8, 4) is 0 Å². The summed E-state index contributed by atoms with van der Waals surface area (Å²) in [5.41, 5.74) is 3.04. The molecule has 0 saturated heterocycles. The van der Waals surface area contributed by atoms with Crippen LogP contribution in [-0.4, -0.2) is 31.2 Å². The fourth-order valence-corrected chi connectivity index (χ4v) is 1.23. The van der Waals surface area contributed by atoms with Crippen LogP contribution in [0.5, 0.6) is 0 Å². The summed E-state index contributed by atoms with van der Waals surface area (Å²) >= 11 is 2.19. The fraction of sp³-hybridized carbons (Fsp3) is 0.200. The third kappa shape index (κ3) is 4.28. The van der Waals surface area contributed by atoms with Crippen LogP contribution in [0.1, 0.15) is 10.4 Å². The van der Waals surface area contributed by atoms with Crippen molar-refractivity contribution in [1.82, 2.24) is 10.3 Å². The van der Waals surface area contributed by atoms with Crippen LogP contribution in [0.4, 0.5) is 0 Å². The summed E-state index contributed by atoms with van der Waals surface area (Å²) in [7, 11) is 3.67. The van der Waals surface area contributed by atoms with Gasteiger partial charge in [0.05, 0.1) is 0 Å². The molecule has 5 heteroatoms. The van der Waals surface area contributed by atoms with Gasteiger partial charge < -0.3 is 4.90 Å². The third-order valence-electron chi connectivity index (χ3n) is 1.56. The Kier molecular flexibility index (Phi) is 4.54. The summed E-state index contributed by atoms with van der Waals surface area (Å²) in [5, 5.41) is 3.77. The molecule has 1 amide bonds. The summed E-state index contributed by atoms with van der Waals surface area (Å²) in [4.78, 5) is 13.2. The van der Waals surface area contributed by atoms with Gasteiger partial charge in [-0.05, 0) is 46.9 Å². The normalized spacial score (nSPS) is 10.3. The van der Waals surface area contributed by atoms with Crippen LogP contribution >= 0.6 is 22.6 Å². The summed E-state index contributed by atoms with van der Waals surface area (Å²) < 4.78 is 1.10. The molecule has 1 N–H and O–H groups in total. The molecule has 1 rings (SSSR count). The van der Waals surface area contributed by atoms with E-state index in [0.29, 0.717) is 5.56 Å². The largest absolute Gasteiger partial charge is 0.367 e. The Hall–Kier alpha value is -1.11. The predicted octanol–water partition coefficient (Wildman–Crippen LogP) is 1.53. The van der Waals surface area contributed by atoms with E-state index in [0.717, 1.165) is 3.57 Å². The molecule has 0 aliphatic rings. The van der Waals surface area contributed by atoms with Crippen LogP contribution < -0.4 is 5.43 Å². The molecule has 1 aromatic rings. The smallest absolute Gasteiger partial charge is 0.271 e. The van der Waals surface area contributed by atoms with Crippen molar-refractivity contribution in [1.29, 1.82) is 0 Å². The first kappa shape index (κ1) is 12.0. The molecule has 0 aliphatic heterocycles. The molecule has 15 heavy (non-hydrogen) atoms. The lowest BCUT2D eigenvalue weighted by molar-refractivity contribution is 0.0954. The number of amides is 1. The van der Waals surface area contributed by atoms with Gasteiger partial charge in [0.25, 0.3) is 5.91 Å². The zero-order chi connectivity index (χ0) is 11.3. The number of nitrogens with zero attached hydrogens (tertiary/aromatic N) is 2. The number of hydrogen-bond acceptors (Lipinski definition) is 2. The van der Waals surface area contributed by atoms with E-state index in [1.54, 1.807) is 17.0 Å². The second kappa shape index (κ2) is 5.69. The van der Waals surface area contributed by atoms with Crippen LogP contribution in [-0.2, 0) is 0 Å². The molecule has 0 bridgehead atoms. The van der Waals surface area contributed by atoms with Gasteiger partial charge in [0.2, 0.25) is 0 Å². The summed E-state index contributed by atoms with van der Waals surface area (Å²) in [6.07, 6.45) is 1.53. The first-order valence-electron chi connectivity index (χ1n) is 4.35. The minimum absolute atomic E-state index is 0.204. The predicted molar refractivity (Wildman–Crippen MR) is 68.8 cm³/mol. The highest BCUT2D eigenvalue weighted by Crippen LogP contribution is 2.06. The van der Waals surface area contributed by atoms with Gasteiger partial charge in [-0.2, -0.15) is 5.10 Å². The molecular weight excluding hydrogens is 305 g/mol. The van der Waals surface area contributed by atoms with Gasteiger partial charge in [0.15, 0.2) is 0 Å². The Morgan fingerprint density at radius 1 is 1.40 bits per heavy atom. The van der Waals surface area contributed by atoms with E-state index in [2.05, 4.69) is 33.1 Å². The van der Waals surface area contributed by atoms with Crippen molar-refractivity contribution in [2.24, 2.45) is 5.10 Å². The Bertz CT molecular complexity index is 359. The maximum Gasteiger partial charge on any atom is 0.271 e. The molecule has 0 fully saturated rings. The van der Waals surface area contributed by atoms with Gasteiger partial charge in [-0.1, -0.05) is 0 Å². The average Bonchev–Trinajstić information content (AvgIpc) is 2.18. The lowest BCUT2D eigenvalue weighted by atomic mass is 10.2. The molecule has 0 heterocycles. The standard InChI is InChI=1S/C10H12IN3O/c1-14(2)7-12-13-10(15)8-3-5-9(11)6-4-8/h3-7H,1-2H3,(H,13,15)/b12-7+. The number of halogens is 1. The van der Waals surface area contributed by atoms with Gasteiger partial charge in [-0.15, -0.1) is 0 Å². The number of nitrogens with one attached hydrogen (secondary N) is 1. The van der Waals surface area contributed by atoms with Crippen molar-refractivity contribution in [2.45, 2.75) is 0 Å². The molecule has 80 valence electrons. The van der Waals surface area contributed by atoms with Crippen molar-refractivity contribution < 1.29 is 4.79 Å². The lowest BCUT2D eigenvalue weighted by Gasteiger charge is -2.03. The number of hydrazone groups is 1. The van der Waals surface area contributed by atoms with E-state index in [1.807, 2.05) is 26.2 Å². The number of hydrogen-bond donors (Lipinski definition) is 1. The van der Waals surface area contributed by atoms with E-state index >= 15 is 0 Å². The van der Waals surface area contributed by atoms with Gasteiger partial charge >= 0.3 is 0 Å². The van der Waals surface area contributed by atoms with Crippen molar-refractivity contribution >= 4 is 34.8 Å². The molecule has 0 saturated carbocycles. The van der Waals surface area contributed by atoms with Crippen molar-refractivity contribution in [3.05, 3.63) is 33.4 Å². The topological polar surface area (TPSA) is 44.7 Å². The molecule has 0 radical (unpaired) electrons. The Morgan fingerprint density at radius 2 is 2.00 bits per heavy atom. The van der Waals surface area contributed by atoms with Gasteiger partial charge in [-0.3, -0.25) is 4.79 Å². The van der Waals surface area contributed by atoms with Crippen molar-refractivity contribution in [3.63, 3.8) is 0 Å². The van der Waals surface area contributed by atoms with Crippen LogP contribution in [0.3, 0.4) is 0 Å². The number of carbonyl (C=O) groups is 1. The minimum atomic E-state index is -0.204. The SMILES string of the molecule is CN(C)/C=N/NC(=O)c1ccc(I)cc1. The molecule has 0 aromatic heterocycles. The molecule has 0 spiro atoms. The number of rotatable bonds is 3. The van der Waals surface area contributed by atoms with Crippen LogP contribution in [0.25, 0.3) is 0 Å². The molecule has 0 aliphatic carbocycles. The van der Waals surface area contributed by atoms with E-state index < -0.39 is 0 Å². The average molecular weight is 317 g/mol. The molecule has 4 nitrogen and oxygen atoms in total. The van der Waals surface area contributed by atoms with Crippen molar-refractivity contribution in [2.75, 3.05) is 14.1 Å². The maximum absolute atomic E-state index is 11.5. The first-order chi connectivity index (χ1) is 7.09. The van der Waals surface area contributed by atoms with E-state index in [-0.39, 0.29) is 5.91 Å². The van der Waals surface area contributed by atoms with Gasteiger partial charge in [0.1, 0.15) is 6.34 Å². The Labute approximate surface area is 102 Å². The highest BCUT2D eigenvalue weighted by molar-refractivity contribution is 14.1. The zero-order valence-corrected chi connectivity index (χ0v) is 10.7. The van der Waals surface area contributed by atoms with E-state index in [9.17, 15) is 4.79 Å². The van der Waals surface area contributed by atoms with Gasteiger partial charge in [0, 0.05) is 23.2 Å². The number of benzene rings is 1. The third-order valence-corrected chi connectivity index (χ3v) is 2.28.